The van der Waals surface area contributed by atoms with Crippen molar-refractivity contribution in [3.63, 3.8) is 0 Å². The van der Waals surface area contributed by atoms with E-state index in [2.05, 4.69) is 15.4 Å². The van der Waals surface area contributed by atoms with Crippen LogP contribution in [0.1, 0.15) is 49.1 Å². The molecule has 1 aliphatic carbocycles. The monoisotopic (exact) mass is 334 g/mol. The average molecular weight is 334 g/mol. The number of aromatic nitrogens is 1. The van der Waals surface area contributed by atoms with Crippen molar-refractivity contribution in [3.8, 4) is 0 Å². The molecule has 1 aromatic rings. The lowest BCUT2D eigenvalue weighted by atomic mass is 9.89. The predicted octanol–water partition coefficient (Wildman–Crippen LogP) is 2.70. The van der Waals surface area contributed by atoms with Gasteiger partial charge in [0.1, 0.15) is 5.76 Å². The Balaban J connectivity index is 1.40. The topological polar surface area (TPSA) is 61.6 Å². The molecule has 3 rings (SSSR count). The fraction of sp³-hybridized carbons (Fsp3) is 0.778. The minimum Gasteiger partial charge on any atom is -0.361 e. The van der Waals surface area contributed by atoms with Gasteiger partial charge in [0.25, 0.3) is 0 Å². The molecule has 0 aromatic carbocycles. The largest absolute Gasteiger partial charge is 0.361 e. The van der Waals surface area contributed by atoms with Crippen LogP contribution in [0.2, 0.25) is 0 Å². The van der Waals surface area contributed by atoms with Gasteiger partial charge in [-0.3, -0.25) is 4.90 Å². The Bertz CT molecular complexity index is 524. The molecular formula is C18H30N4O2. The molecule has 6 heteroatoms. The number of hydrogen-bond donors (Lipinski definition) is 1. The maximum absolute atomic E-state index is 12.4. The van der Waals surface area contributed by atoms with Crippen molar-refractivity contribution in [2.24, 2.45) is 5.92 Å². The lowest BCUT2D eigenvalue weighted by Gasteiger charge is -2.37. The van der Waals surface area contributed by atoms with E-state index in [1.54, 1.807) is 0 Å². The summed E-state index contributed by atoms with van der Waals surface area (Å²) in [6.45, 7) is 9.12. The number of urea groups is 1. The number of hydrogen-bond acceptors (Lipinski definition) is 4. The van der Waals surface area contributed by atoms with Gasteiger partial charge in [-0.15, -0.1) is 0 Å². The lowest BCUT2D eigenvalue weighted by Crippen LogP contribution is -2.52. The number of nitrogens with one attached hydrogen (secondary N) is 1. The summed E-state index contributed by atoms with van der Waals surface area (Å²) in [4.78, 5) is 16.8. The SMILES string of the molecule is Cc1noc(C)c1CNC(=O)N1CCN(CC2CCCCC2)CC1. The van der Waals surface area contributed by atoms with E-state index in [4.69, 9.17) is 4.52 Å². The number of rotatable bonds is 4. The Labute approximate surface area is 144 Å². The van der Waals surface area contributed by atoms with Crippen LogP contribution in [0, 0.1) is 19.8 Å². The number of piperazine rings is 1. The van der Waals surface area contributed by atoms with E-state index in [0.29, 0.717) is 6.54 Å². The van der Waals surface area contributed by atoms with Crippen LogP contribution in [0.15, 0.2) is 4.52 Å². The molecule has 0 unspecified atom stereocenters. The van der Waals surface area contributed by atoms with Gasteiger partial charge >= 0.3 is 6.03 Å². The molecule has 1 aliphatic heterocycles. The molecule has 0 radical (unpaired) electrons. The second kappa shape index (κ2) is 8.01. The van der Waals surface area contributed by atoms with Crippen LogP contribution in [-0.4, -0.2) is 53.7 Å². The molecule has 1 aromatic heterocycles. The van der Waals surface area contributed by atoms with Gasteiger partial charge in [-0.1, -0.05) is 24.4 Å². The van der Waals surface area contributed by atoms with Gasteiger partial charge in [0.05, 0.1) is 5.69 Å². The molecule has 0 spiro atoms. The van der Waals surface area contributed by atoms with Crippen molar-refractivity contribution in [1.29, 1.82) is 0 Å². The summed E-state index contributed by atoms with van der Waals surface area (Å²) in [5.41, 5.74) is 1.84. The van der Waals surface area contributed by atoms with E-state index in [9.17, 15) is 4.79 Å². The summed E-state index contributed by atoms with van der Waals surface area (Å²) in [5, 5.41) is 6.93. The Kier molecular flexibility index (Phi) is 5.76. The highest BCUT2D eigenvalue weighted by molar-refractivity contribution is 5.74. The third-order valence-corrected chi connectivity index (χ3v) is 5.50. The van der Waals surface area contributed by atoms with E-state index in [1.165, 1.54) is 38.6 Å². The van der Waals surface area contributed by atoms with Crippen LogP contribution in [0.4, 0.5) is 4.79 Å². The molecule has 6 nitrogen and oxygen atoms in total. The molecular weight excluding hydrogens is 304 g/mol. The minimum absolute atomic E-state index is 0.0207. The van der Waals surface area contributed by atoms with Gasteiger partial charge in [-0.05, 0) is 32.6 Å². The fourth-order valence-electron chi connectivity index (χ4n) is 3.90. The number of aryl methyl sites for hydroxylation is 2. The van der Waals surface area contributed by atoms with E-state index >= 15 is 0 Å². The smallest absolute Gasteiger partial charge is 0.317 e. The van der Waals surface area contributed by atoms with Gasteiger partial charge in [-0.2, -0.15) is 0 Å². The molecule has 2 amide bonds. The van der Waals surface area contributed by atoms with E-state index < -0.39 is 0 Å². The maximum atomic E-state index is 12.4. The number of carbonyl (C=O) groups is 1. The first kappa shape index (κ1) is 17.3. The van der Waals surface area contributed by atoms with Crippen molar-refractivity contribution in [2.45, 2.75) is 52.5 Å². The average Bonchev–Trinajstić information content (AvgIpc) is 2.92. The van der Waals surface area contributed by atoms with Crippen molar-refractivity contribution in [3.05, 3.63) is 17.0 Å². The number of carbonyl (C=O) groups excluding carboxylic acids is 1. The quantitative estimate of drug-likeness (QED) is 0.920. The molecule has 1 N–H and O–H groups in total. The summed E-state index contributed by atoms with van der Waals surface area (Å²) in [7, 11) is 0. The third-order valence-electron chi connectivity index (χ3n) is 5.50. The highest BCUT2D eigenvalue weighted by Crippen LogP contribution is 2.24. The van der Waals surface area contributed by atoms with Crippen LogP contribution in [0.5, 0.6) is 0 Å². The van der Waals surface area contributed by atoms with E-state index in [1.807, 2.05) is 18.7 Å². The van der Waals surface area contributed by atoms with Crippen molar-refractivity contribution < 1.29 is 9.32 Å². The van der Waals surface area contributed by atoms with Crippen molar-refractivity contribution >= 4 is 6.03 Å². The van der Waals surface area contributed by atoms with Gasteiger partial charge < -0.3 is 14.7 Å². The van der Waals surface area contributed by atoms with Crippen molar-refractivity contribution in [2.75, 3.05) is 32.7 Å². The summed E-state index contributed by atoms with van der Waals surface area (Å²) >= 11 is 0. The molecule has 1 saturated heterocycles. The fourth-order valence-corrected chi connectivity index (χ4v) is 3.90. The summed E-state index contributed by atoms with van der Waals surface area (Å²) in [6.07, 6.45) is 6.98. The Hall–Kier alpha value is -1.56. The van der Waals surface area contributed by atoms with Crippen LogP contribution in [0.25, 0.3) is 0 Å². The molecule has 1 saturated carbocycles. The Morgan fingerprint density at radius 2 is 1.88 bits per heavy atom. The normalized spacial score (nSPS) is 20.3. The first-order valence-corrected chi connectivity index (χ1v) is 9.30. The van der Waals surface area contributed by atoms with Gasteiger partial charge in [0.15, 0.2) is 0 Å². The summed E-state index contributed by atoms with van der Waals surface area (Å²) in [6, 6.07) is 0.0207. The minimum atomic E-state index is 0.0207. The lowest BCUT2D eigenvalue weighted by molar-refractivity contribution is 0.119. The second-order valence-corrected chi connectivity index (χ2v) is 7.25. The summed E-state index contributed by atoms with van der Waals surface area (Å²) in [5.74, 6) is 1.66. The number of amides is 2. The molecule has 2 heterocycles. The predicted molar refractivity (Wildman–Crippen MR) is 92.8 cm³/mol. The van der Waals surface area contributed by atoms with Gasteiger partial charge in [0, 0.05) is 44.8 Å². The van der Waals surface area contributed by atoms with Crippen LogP contribution in [0.3, 0.4) is 0 Å². The molecule has 0 bridgehead atoms. The van der Waals surface area contributed by atoms with E-state index in [0.717, 1.165) is 49.1 Å². The molecule has 0 atom stereocenters. The standard InChI is InChI=1S/C18H30N4O2/c1-14-17(15(2)24-20-14)12-19-18(23)22-10-8-21(9-11-22)13-16-6-4-3-5-7-16/h16H,3-13H2,1-2H3,(H,19,23). The maximum Gasteiger partial charge on any atom is 0.317 e. The van der Waals surface area contributed by atoms with E-state index in [-0.39, 0.29) is 6.03 Å². The zero-order chi connectivity index (χ0) is 16.9. The first-order chi connectivity index (χ1) is 11.6. The first-order valence-electron chi connectivity index (χ1n) is 9.30. The van der Waals surface area contributed by atoms with Crippen LogP contribution in [-0.2, 0) is 6.54 Å². The zero-order valence-corrected chi connectivity index (χ0v) is 15.0. The second-order valence-electron chi connectivity index (χ2n) is 7.25. The molecule has 2 fully saturated rings. The highest BCUT2D eigenvalue weighted by Gasteiger charge is 2.24. The Morgan fingerprint density at radius 1 is 1.17 bits per heavy atom. The highest BCUT2D eigenvalue weighted by atomic mass is 16.5. The molecule has 134 valence electrons. The zero-order valence-electron chi connectivity index (χ0n) is 15.0. The van der Waals surface area contributed by atoms with Gasteiger partial charge in [-0.25, -0.2) is 4.79 Å². The van der Waals surface area contributed by atoms with Crippen LogP contribution < -0.4 is 5.32 Å². The van der Waals surface area contributed by atoms with Crippen LogP contribution >= 0.6 is 0 Å². The van der Waals surface area contributed by atoms with Gasteiger partial charge in [0.2, 0.25) is 0 Å². The molecule has 24 heavy (non-hydrogen) atoms. The summed E-state index contributed by atoms with van der Waals surface area (Å²) < 4.78 is 5.14. The third kappa shape index (κ3) is 4.29. The Morgan fingerprint density at radius 3 is 2.50 bits per heavy atom. The number of nitrogens with zero attached hydrogens (tertiary/aromatic N) is 3. The van der Waals surface area contributed by atoms with Crippen molar-refractivity contribution in [1.82, 2.24) is 20.3 Å². The molecule has 2 aliphatic rings.